The Morgan fingerprint density at radius 2 is 0.839 bits per heavy atom. The van der Waals surface area contributed by atoms with E-state index in [2.05, 4.69) is 206 Å². The monoisotopic (exact) mass is 726 g/mol. The molecular weight excluding hydrogens is 693 g/mol. The van der Waals surface area contributed by atoms with Crippen molar-refractivity contribution in [3.63, 3.8) is 0 Å². The molecule has 0 radical (unpaired) electrons. The van der Waals surface area contributed by atoms with Crippen LogP contribution in [0.1, 0.15) is 21.6 Å². The van der Waals surface area contributed by atoms with Crippen molar-refractivity contribution in [2.45, 2.75) is 5.41 Å². The molecule has 0 amide bonds. The summed E-state index contributed by atoms with van der Waals surface area (Å²) in [5, 5.41) is 3.86. The summed E-state index contributed by atoms with van der Waals surface area (Å²) in [6.07, 6.45) is 0. The van der Waals surface area contributed by atoms with E-state index in [0.717, 1.165) is 0 Å². The Hall–Kier alpha value is -6.80. The highest BCUT2D eigenvalue weighted by Gasteiger charge is 2.53. The van der Waals surface area contributed by atoms with Crippen LogP contribution >= 0.6 is 11.3 Å². The predicted molar refractivity (Wildman–Crippen MR) is 237 cm³/mol. The van der Waals surface area contributed by atoms with E-state index >= 15 is 0 Å². The molecule has 12 rings (SSSR count). The molecule has 0 N–H and O–H groups in total. The summed E-state index contributed by atoms with van der Waals surface area (Å²) >= 11 is 1.97. The molecule has 0 saturated carbocycles. The molecule has 0 nitrogen and oxygen atoms in total. The van der Waals surface area contributed by atoms with Crippen LogP contribution in [0.5, 0.6) is 0 Å². The maximum absolute atomic E-state index is 2.51. The smallest absolute Gasteiger partial charge is 0.0819 e. The normalized spacial score (nSPS) is 13.1. The summed E-state index contributed by atoms with van der Waals surface area (Å²) in [6.45, 7) is 0. The van der Waals surface area contributed by atoms with Crippen molar-refractivity contribution < 1.29 is 0 Å². The van der Waals surface area contributed by atoms with Crippen LogP contribution < -0.4 is 0 Å². The quantitative estimate of drug-likeness (QED) is 0.169. The molecule has 2 aliphatic rings. The Kier molecular flexibility index (Phi) is 6.82. The zero-order valence-electron chi connectivity index (χ0n) is 30.5. The molecule has 10 aromatic rings. The predicted octanol–water partition coefficient (Wildman–Crippen LogP) is 15.1. The zero-order chi connectivity index (χ0) is 36.8. The molecule has 260 valence electrons. The van der Waals surface area contributed by atoms with E-state index in [9.17, 15) is 0 Å². The highest BCUT2D eigenvalue weighted by Crippen LogP contribution is 2.66. The van der Waals surface area contributed by atoms with Crippen LogP contribution in [0, 0.1) is 0 Å². The molecule has 1 spiro atoms. The largest absolute Gasteiger partial charge is 0.138 e. The second-order valence-corrected chi connectivity index (χ2v) is 16.3. The Labute approximate surface area is 330 Å². The third kappa shape index (κ3) is 4.53. The third-order valence-corrected chi connectivity index (χ3v) is 13.5. The Morgan fingerprint density at radius 1 is 0.304 bits per heavy atom. The molecule has 0 fully saturated rings. The Bertz CT molecular complexity index is 3150. The van der Waals surface area contributed by atoms with Crippen LogP contribution in [0.4, 0.5) is 0 Å². The van der Waals surface area contributed by atoms with E-state index in [1.54, 1.807) is 0 Å². The molecule has 0 atom stereocenters. The van der Waals surface area contributed by atoms with Crippen LogP contribution in [-0.4, -0.2) is 0 Å². The molecule has 0 bridgehead atoms. The van der Waals surface area contributed by atoms with Crippen LogP contribution in [0.15, 0.2) is 206 Å². The van der Waals surface area contributed by atoms with Crippen molar-refractivity contribution in [1.82, 2.24) is 0 Å². The van der Waals surface area contributed by atoms with Crippen molar-refractivity contribution in [1.29, 1.82) is 0 Å². The van der Waals surface area contributed by atoms with E-state index in [1.165, 1.54) is 109 Å². The molecule has 0 unspecified atom stereocenters. The number of benzene rings is 9. The molecule has 1 aromatic heterocycles. The van der Waals surface area contributed by atoms with Gasteiger partial charge < -0.3 is 0 Å². The number of thiophene rings is 1. The molecule has 2 aliphatic carbocycles. The van der Waals surface area contributed by atoms with E-state index in [4.69, 9.17) is 0 Å². The molecule has 56 heavy (non-hydrogen) atoms. The lowest BCUT2D eigenvalue weighted by Gasteiger charge is -2.29. The second-order valence-electron chi connectivity index (χ2n) is 15.2. The molecule has 1 heteroatoms. The van der Waals surface area contributed by atoms with Crippen molar-refractivity contribution in [3.05, 3.63) is 228 Å². The first kappa shape index (κ1) is 31.5. The first-order chi connectivity index (χ1) is 27.7. The van der Waals surface area contributed by atoms with E-state index in [-0.39, 0.29) is 5.41 Å². The van der Waals surface area contributed by atoms with Gasteiger partial charge in [0.2, 0.25) is 0 Å². The summed E-state index contributed by atoms with van der Waals surface area (Å²) in [4.78, 5) is 1.44. The molecule has 9 aromatic carbocycles. The number of fused-ring (bicyclic) bond motifs is 13. The van der Waals surface area contributed by atoms with Gasteiger partial charge in [0.15, 0.2) is 0 Å². The summed E-state index contributed by atoms with van der Waals surface area (Å²) in [7, 11) is 0. The topological polar surface area (TPSA) is 0 Å². The van der Waals surface area contributed by atoms with Gasteiger partial charge in [0.25, 0.3) is 0 Å². The van der Waals surface area contributed by atoms with E-state index in [0.29, 0.717) is 0 Å². The van der Waals surface area contributed by atoms with Crippen LogP contribution in [-0.2, 0) is 5.41 Å². The van der Waals surface area contributed by atoms with Gasteiger partial charge in [-0.15, -0.1) is 11.3 Å². The van der Waals surface area contributed by atoms with Crippen LogP contribution in [0.2, 0.25) is 0 Å². The number of rotatable bonds is 4. The molecule has 1 heterocycles. The standard InChI is InChI=1S/C55H34S/c1-2-13-35(14-3-1)42-31-43(33-44(32-42)40-26-25-36-15-4-5-16-37(36)29-40)39-18-12-17-38(30-39)41-27-28-47-51(34-41)55(54-53(47)48-21-8-11-24-52(48)56-54)49-22-9-6-19-45(49)46-20-7-10-23-50(46)55/h1-34H. The van der Waals surface area contributed by atoms with Gasteiger partial charge in [-0.05, 0) is 131 Å². The number of hydrogen-bond acceptors (Lipinski definition) is 1. The average Bonchev–Trinajstić information content (AvgIpc) is 3.90. The highest BCUT2D eigenvalue weighted by atomic mass is 32.1. The minimum atomic E-state index is -0.367. The van der Waals surface area contributed by atoms with Gasteiger partial charge in [0.1, 0.15) is 0 Å². The van der Waals surface area contributed by atoms with E-state index < -0.39 is 0 Å². The van der Waals surface area contributed by atoms with E-state index in [1.807, 2.05) is 11.3 Å². The fraction of sp³-hybridized carbons (Fsp3) is 0.0182. The fourth-order valence-electron chi connectivity index (χ4n) is 9.73. The lowest BCUT2D eigenvalue weighted by Crippen LogP contribution is -2.24. The van der Waals surface area contributed by atoms with Gasteiger partial charge >= 0.3 is 0 Å². The summed E-state index contributed by atoms with van der Waals surface area (Å²) < 4.78 is 1.35. The van der Waals surface area contributed by atoms with Gasteiger partial charge in [-0.2, -0.15) is 0 Å². The summed E-state index contributed by atoms with van der Waals surface area (Å²) in [5.74, 6) is 0. The SMILES string of the molecule is c1ccc(-c2cc(-c3cccc(-c4ccc5c(c4)C4(c6ccccc6-c6ccccc64)c4sc6ccccc6c4-5)c3)cc(-c3ccc4ccccc4c3)c2)cc1. The maximum Gasteiger partial charge on any atom is 0.0819 e. The van der Waals surface area contributed by atoms with Gasteiger partial charge in [-0.25, -0.2) is 0 Å². The minimum Gasteiger partial charge on any atom is -0.138 e. The highest BCUT2D eigenvalue weighted by molar-refractivity contribution is 7.20. The van der Waals surface area contributed by atoms with Crippen molar-refractivity contribution in [2.75, 3.05) is 0 Å². The van der Waals surface area contributed by atoms with Crippen molar-refractivity contribution in [3.8, 4) is 66.8 Å². The molecule has 0 aliphatic heterocycles. The van der Waals surface area contributed by atoms with Gasteiger partial charge in [0.05, 0.1) is 5.41 Å². The lowest BCUT2D eigenvalue weighted by atomic mass is 9.73. The molecular formula is C55H34S. The lowest BCUT2D eigenvalue weighted by molar-refractivity contribution is 0.812. The minimum absolute atomic E-state index is 0.367. The first-order valence-electron chi connectivity index (χ1n) is 19.4. The summed E-state index contributed by atoms with van der Waals surface area (Å²) in [6, 6.07) is 76.8. The third-order valence-electron chi connectivity index (χ3n) is 12.2. The summed E-state index contributed by atoms with van der Waals surface area (Å²) in [5.41, 5.74) is 19.0. The van der Waals surface area contributed by atoms with Crippen LogP contribution in [0.3, 0.4) is 0 Å². The Balaban J connectivity index is 1.05. The average molecular weight is 727 g/mol. The van der Waals surface area contributed by atoms with Crippen molar-refractivity contribution >= 4 is 32.2 Å². The number of hydrogen-bond donors (Lipinski definition) is 0. The van der Waals surface area contributed by atoms with Gasteiger partial charge in [0, 0.05) is 20.5 Å². The zero-order valence-corrected chi connectivity index (χ0v) is 31.4. The second kappa shape index (κ2) is 12.1. The van der Waals surface area contributed by atoms with Crippen LogP contribution in [0.25, 0.3) is 87.6 Å². The fourth-order valence-corrected chi connectivity index (χ4v) is 11.2. The van der Waals surface area contributed by atoms with Crippen molar-refractivity contribution in [2.24, 2.45) is 0 Å². The maximum atomic E-state index is 2.51. The van der Waals surface area contributed by atoms with Gasteiger partial charge in [-0.3, -0.25) is 0 Å². The molecule has 0 saturated heterocycles. The first-order valence-corrected chi connectivity index (χ1v) is 20.2. The van der Waals surface area contributed by atoms with Gasteiger partial charge in [-0.1, -0.05) is 164 Å². The Morgan fingerprint density at radius 3 is 1.61 bits per heavy atom.